The van der Waals surface area contributed by atoms with Gasteiger partial charge in [-0.25, -0.2) is 19.3 Å². The van der Waals surface area contributed by atoms with Gasteiger partial charge in [-0.1, -0.05) is 19.1 Å². The van der Waals surface area contributed by atoms with Crippen molar-refractivity contribution in [2.75, 3.05) is 10.6 Å². The van der Waals surface area contributed by atoms with Crippen LogP contribution in [0.25, 0.3) is 16.6 Å². The molecule has 3 aromatic heterocycles. The fourth-order valence-electron chi connectivity index (χ4n) is 3.62. The number of nitrogens with one attached hydrogen (secondary N) is 2. The second kappa shape index (κ2) is 8.74. The van der Waals surface area contributed by atoms with Crippen LogP contribution in [-0.2, 0) is 0 Å². The van der Waals surface area contributed by atoms with E-state index in [-0.39, 0.29) is 11.9 Å². The van der Waals surface area contributed by atoms with Gasteiger partial charge in [0.05, 0.1) is 11.2 Å². The summed E-state index contributed by atoms with van der Waals surface area (Å²) in [6, 6.07) is 10.8. The number of hydrogen-bond acceptors (Lipinski definition) is 6. The number of aromatic nitrogens is 4. The van der Waals surface area contributed by atoms with Crippen LogP contribution in [0, 0.1) is 13.8 Å². The lowest BCUT2D eigenvalue weighted by molar-refractivity contribution is 0.155. The molecule has 0 fully saturated rings. The number of hydrogen-bond donors (Lipinski definition) is 4. The van der Waals surface area contributed by atoms with Gasteiger partial charge in [-0.2, -0.15) is 5.10 Å². The molecule has 2 amide bonds. The van der Waals surface area contributed by atoms with Crippen molar-refractivity contribution in [3.05, 3.63) is 71.9 Å². The lowest BCUT2D eigenvalue weighted by atomic mass is 9.98. The average Bonchev–Trinajstić information content (AvgIpc) is 3.09. The third-order valence-corrected chi connectivity index (χ3v) is 5.32. The van der Waals surface area contributed by atoms with Crippen molar-refractivity contribution in [3.63, 3.8) is 0 Å². The third kappa shape index (κ3) is 4.29. The second-order valence-corrected chi connectivity index (χ2v) is 7.78. The van der Waals surface area contributed by atoms with Crippen molar-refractivity contribution < 1.29 is 9.90 Å². The molecule has 164 valence electrons. The molecule has 0 aliphatic carbocycles. The van der Waals surface area contributed by atoms with Crippen molar-refractivity contribution in [3.8, 4) is 11.1 Å². The van der Waals surface area contributed by atoms with E-state index in [4.69, 9.17) is 5.73 Å². The van der Waals surface area contributed by atoms with Gasteiger partial charge in [0.25, 0.3) is 0 Å². The number of urea groups is 1. The Labute approximate surface area is 185 Å². The maximum atomic E-state index is 12.3. The van der Waals surface area contributed by atoms with Crippen molar-refractivity contribution in [2.45, 2.75) is 32.9 Å². The number of pyridine rings is 1. The molecule has 32 heavy (non-hydrogen) atoms. The Morgan fingerprint density at radius 2 is 1.88 bits per heavy atom. The number of rotatable bonds is 5. The van der Waals surface area contributed by atoms with Crippen LogP contribution in [0.4, 0.5) is 16.3 Å². The monoisotopic (exact) mass is 431 g/mol. The molecule has 0 aliphatic heterocycles. The zero-order chi connectivity index (χ0) is 22.8. The summed E-state index contributed by atoms with van der Waals surface area (Å²) in [7, 11) is 0. The molecule has 0 bridgehead atoms. The van der Waals surface area contributed by atoms with Crippen LogP contribution < -0.4 is 16.4 Å². The fraction of sp³-hybridized carbons (Fsp3) is 0.217. The van der Waals surface area contributed by atoms with Gasteiger partial charge in [0.2, 0.25) is 0 Å². The highest BCUT2D eigenvalue weighted by Crippen LogP contribution is 2.34. The smallest absolute Gasteiger partial charge is 0.324 e. The minimum atomic E-state index is -1.04. The number of nitrogens with two attached hydrogens (primary N) is 1. The molecule has 0 aliphatic rings. The van der Waals surface area contributed by atoms with E-state index < -0.39 is 6.23 Å². The van der Waals surface area contributed by atoms with Crippen LogP contribution in [0.5, 0.6) is 0 Å². The maximum absolute atomic E-state index is 12.3. The minimum absolute atomic E-state index is 0.367. The van der Waals surface area contributed by atoms with Gasteiger partial charge in [-0.05, 0) is 54.8 Å². The zero-order valence-corrected chi connectivity index (χ0v) is 18.1. The number of anilines is 2. The zero-order valence-electron chi connectivity index (χ0n) is 18.1. The summed E-state index contributed by atoms with van der Waals surface area (Å²) < 4.78 is 1.75. The Morgan fingerprint density at radius 3 is 2.56 bits per heavy atom. The Kier molecular flexibility index (Phi) is 5.85. The number of fused-ring (bicyclic) bond motifs is 1. The molecule has 0 spiro atoms. The normalized spacial score (nSPS) is 13.0. The number of benzene rings is 1. The lowest BCUT2D eigenvalue weighted by Crippen LogP contribution is -2.27. The molecule has 4 aromatic rings. The van der Waals surface area contributed by atoms with E-state index >= 15 is 0 Å². The summed E-state index contributed by atoms with van der Waals surface area (Å²) >= 11 is 0. The SMILES string of the molecule is Cc1ccnc(NC(=O)Nc2ccc(-c3c(C)cn4ncnc(C(C)C(N)O)c34)cc2)c1. The van der Waals surface area contributed by atoms with Gasteiger partial charge in [-0.15, -0.1) is 0 Å². The van der Waals surface area contributed by atoms with E-state index in [0.29, 0.717) is 17.2 Å². The maximum Gasteiger partial charge on any atom is 0.324 e. The second-order valence-electron chi connectivity index (χ2n) is 7.78. The number of carbonyl (C=O) groups excluding carboxylic acids is 1. The first-order chi connectivity index (χ1) is 15.3. The topological polar surface area (TPSA) is 130 Å². The summed E-state index contributed by atoms with van der Waals surface area (Å²) in [5, 5.41) is 19.7. The Morgan fingerprint density at radius 1 is 1.12 bits per heavy atom. The lowest BCUT2D eigenvalue weighted by Gasteiger charge is -2.16. The van der Waals surface area contributed by atoms with Gasteiger partial charge in [0.15, 0.2) is 0 Å². The van der Waals surface area contributed by atoms with Gasteiger partial charge in [0.1, 0.15) is 18.4 Å². The average molecular weight is 432 g/mol. The van der Waals surface area contributed by atoms with E-state index in [1.54, 1.807) is 16.8 Å². The van der Waals surface area contributed by atoms with Crippen LogP contribution in [-0.4, -0.2) is 36.9 Å². The van der Waals surface area contributed by atoms with Crippen molar-refractivity contribution in [1.29, 1.82) is 0 Å². The van der Waals surface area contributed by atoms with Crippen LogP contribution in [0.3, 0.4) is 0 Å². The van der Waals surface area contributed by atoms with E-state index in [2.05, 4.69) is 25.7 Å². The summed E-state index contributed by atoms with van der Waals surface area (Å²) in [6.07, 6.45) is 3.98. The highest BCUT2D eigenvalue weighted by Gasteiger charge is 2.22. The van der Waals surface area contributed by atoms with Crippen LogP contribution in [0.15, 0.2) is 55.1 Å². The number of nitrogens with zero attached hydrogens (tertiary/aromatic N) is 4. The van der Waals surface area contributed by atoms with E-state index in [0.717, 1.165) is 27.8 Å². The third-order valence-electron chi connectivity index (χ3n) is 5.32. The first-order valence-electron chi connectivity index (χ1n) is 10.2. The first-order valence-corrected chi connectivity index (χ1v) is 10.2. The summed E-state index contributed by atoms with van der Waals surface area (Å²) in [5.41, 5.74) is 11.7. The Hall–Kier alpha value is -3.82. The van der Waals surface area contributed by atoms with E-state index in [1.165, 1.54) is 6.33 Å². The number of aliphatic hydroxyl groups is 1. The first kappa shape index (κ1) is 21.4. The Balaban J connectivity index is 1.60. The standard InChI is InChI=1S/C23H25N7O2/c1-13-8-9-25-18(10-13)29-23(32)28-17-6-4-16(5-7-17)19-14(2)11-30-21(19)20(26-12-27-30)15(3)22(24)31/h4-12,15,22,31H,24H2,1-3H3,(H2,25,28,29,32). The largest absolute Gasteiger partial charge is 0.378 e. The molecule has 2 atom stereocenters. The molecular formula is C23H25N7O2. The molecule has 1 aromatic carbocycles. The number of aliphatic hydroxyl groups excluding tert-OH is 1. The highest BCUT2D eigenvalue weighted by molar-refractivity contribution is 5.99. The number of aryl methyl sites for hydroxylation is 2. The van der Waals surface area contributed by atoms with Crippen LogP contribution in [0.2, 0.25) is 0 Å². The minimum Gasteiger partial charge on any atom is -0.378 e. The van der Waals surface area contributed by atoms with E-state index in [1.807, 2.05) is 57.3 Å². The molecule has 2 unspecified atom stereocenters. The van der Waals surface area contributed by atoms with Crippen LogP contribution >= 0.6 is 0 Å². The summed E-state index contributed by atoms with van der Waals surface area (Å²) in [4.78, 5) is 20.8. The van der Waals surface area contributed by atoms with Crippen molar-refractivity contribution in [2.24, 2.45) is 5.73 Å². The molecule has 0 saturated heterocycles. The molecule has 5 N–H and O–H groups in total. The predicted molar refractivity (Wildman–Crippen MR) is 123 cm³/mol. The van der Waals surface area contributed by atoms with Gasteiger partial charge < -0.3 is 16.2 Å². The van der Waals surface area contributed by atoms with Crippen molar-refractivity contribution in [1.82, 2.24) is 19.6 Å². The molecule has 0 saturated carbocycles. The summed E-state index contributed by atoms with van der Waals surface area (Å²) in [6.45, 7) is 5.75. The van der Waals surface area contributed by atoms with E-state index in [9.17, 15) is 9.90 Å². The molecule has 9 heteroatoms. The molecule has 3 heterocycles. The Bertz CT molecular complexity index is 1270. The van der Waals surface area contributed by atoms with Gasteiger partial charge in [0, 0.05) is 29.6 Å². The predicted octanol–water partition coefficient (Wildman–Crippen LogP) is 3.43. The van der Waals surface area contributed by atoms with Crippen molar-refractivity contribution >= 4 is 23.1 Å². The molecule has 0 radical (unpaired) electrons. The van der Waals surface area contributed by atoms with Crippen LogP contribution in [0.1, 0.15) is 29.7 Å². The fourth-order valence-corrected chi connectivity index (χ4v) is 3.62. The number of carbonyl (C=O) groups is 1. The number of amides is 2. The highest BCUT2D eigenvalue weighted by atomic mass is 16.3. The van der Waals surface area contributed by atoms with Gasteiger partial charge in [-0.3, -0.25) is 5.32 Å². The molecular weight excluding hydrogens is 406 g/mol. The molecule has 4 rings (SSSR count). The van der Waals surface area contributed by atoms with Gasteiger partial charge >= 0.3 is 6.03 Å². The molecule has 9 nitrogen and oxygen atoms in total. The summed E-state index contributed by atoms with van der Waals surface area (Å²) in [5.74, 6) is 0.118. The quantitative estimate of drug-likeness (QED) is 0.358.